The summed E-state index contributed by atoms with van der Waals surface area (Å²) in [5.41, 5.74) is 0.448. The number of benzene rings is 2. The first-order chi connectivity index (χ1) is 15.7. The zero-order valence-corrected chi connectivity index (χ0v) is 18.0. The number of halogens is 3. The molecule has 1 unspecified atom stereocenters. The van der Waals surface area contributed by atoms with E-state index in [4.69, 9.17) is 10.3 Å². The number of nitrogen functional groups attached to an aromatic ring is 1. The number of alkyl halides is 3. The van der Waals surface area contributed by atoms with Gasteiger partial charge in [0.2, 0.25) is 11.1 Å². The molecule has 4 aromatic rings. The van der Waals surface area contributed by atoms with Gasteiger partial charge in [-0.05, 0) is 36.8 Å². The molecule has 0 aliphatic heterocycles. The van der Waals surface area contributed by atoms with Gasteiger partial charge >= 0.3 is 6.18 Å². The number of hydrogen-bond donors (Lipinski definition) is 2. The van der Waals surface area contributed by atoms with Crippen LogP contribution in [0.5, 0.6) is 0 Å². The Morgan fingerprint density at radius 2 is 1.88 bits per heavy atom. The Balaban J connectivity index is 1.63. The lowest BCUT2D eigenvalue weighted by Gasteiger charge is -2.17. The summed E-state index contributed by atoms with van der Waals surface area (Å²) in [6.45, 7) is 1.76. The molecule has 0 aliphatic carbocycles. The topological polar surface area (TPSA) is 99.0 Å². The fourth-order valence-corrected chi connectivity index (χ4v) is 4.10. The monoisotopic (exact) mass is 473 g/mol. The van der Waals surface area contributed by atoms with E-state index in [2.05, 4.69) is 15.5 Å². The van der Waals surface area contributed by atoms with Crippen molar-refractivity contribution in [1.29, 1.82) is 0 Å². The van der Waals surface area contributed by atoms with E-state index in [1.165, 1.54) is 23.1 Å². The predicted octanol–water partition coefficient (Wildman–Crippen LogP) is 5.05. The van der Waals surface area contributed by atoms with Crippen molar-refractivity contribution in [3.8, 4) is 11.4 Å². The van der Waals surface area contributed by atoms with Crippen LogP contribution in [0.25, 0.3) is 11.4 Å². The smallest absolute Gasteiger partial charge is 0.416 e. The normalized spacial score (nSPS) is 12.5. The SMILES string of the molecule is Cc1occc1-c1nnc(SC(C(=O)Nc2cccc(C(F)(F)F)c2)c2ccccc2)n1N. The molecule has 1 atom stereocenters. The van der Waals surface area contributed by atoms with Crippen LogP contribution in [-0.4, -0.2) is 20.8 Å². The fraction of sp³-hybridized carbons (Fsp3) is 0.136. The van der Waals surface area contributed by atoms with E-state index >= 15 is 0 Å². The number of aryl methyl sites for hydroxylation is 1. The van der Waals surface area contributed by atoms with Crippen LogP contribution in [0.15, 0.2) is 76.5 Å². The van der Waals surface area contributed by atoms with Crippen LogP contribution in [-0.2, 0) is 11.0 Å². The molecule has 33 heavy (non-hydrogen) atoms. The summed E-state index contributed by atoms with van der Waals surface area (Å²) in [5, 5.41) is 10.1. The Morgan fingerprint density at radius 3 is 2.55 bits per heavy atom. The van der Waals surface area contributed by atoms with E-state index in [0.717, 1.165) is 23.9 Å². The van der Waals surface area contributed by atoms with Crippen LogP contribution in [0.1, 0.15) is 22.1 Å². The van der Waals surface area contributed by atoms with Crippen molar-refractivity contribution in [2.75, 3.05) is 11.2 Å². The van der Waals surface area contributed by atoms with Crippen molar-refractivity contribution in [2.45, 2.75) is 23.5 Å². The van der Waals surface area contributed by atoms with E-state index in [1.807, 2.05) is 0 Å². The maximum atomic E-state index is 13.2. The van der Waals surface area contributed by atoms with E-state index in [1.54, 1.807) is 43.3 Å². The van der Waals surface area contributed by atoms with Gasteiger partial charge in [-0.1, -0.05) is 48.2 Å². The third-order valence-corrected chi connectivity index (χ3v) is 6.00. The van der Waals surface area contributed by atoms with Gasteiger partial charge in [0.15, 0.2) is 5.82 Å². The van der Waals surface area contributed by atoms with Gasteiger partial charge in [-0.15, -0.1) is 10.2 Å². The first kappa shape index (κ1) is 22.5. The van der Waals surface area contributed by atoms with Gasteiger partial charge in [0, 0.05) is 5.69 Å². The molecule has 1 amide bonds. The van der Waals surface area contributed by atoms with Crippen LogP contribution in [0.2, 0.25) is 0 Å². The Hall–Kier alpha value is -3.73. The minimum absolute atomic E-state index is 0.0280. The number of nitrogens with two attached hydrogens (primary N) is 1. The minimum Gasteiger partial charge on any atom is -0.469 e. The first-order valence-corrected chi connectivity index (χ1v) is 10.6. The Morgan fingerprint density at radius 1 is 1.12 bits per heavy atom. The number of nitrogens with zero attached hydrogens (tertiary/aromatic N) is 3. The number of carbonyl (C=O) groups excluding carboxylic acids is 1. The second-order valence-corrected chi connectivity index (χ2v) is 8.12. The quantitative estimate of drug-likeness (QED) is 0.300. The predicted molar refractivity (Wildman–Crippen MR) is 118 cm³/mol. The summed E-state index contributed by atoms with van der Waals surface area (Å²) in [5.74, 6) is 6.61. The second-order valence-electron chi connectivity index (χ2n) is 7.04. The molecule has 2 aromatic carbocycles. The molecule has 4 rings (SSSR count). The van der Waals surface area contributed by atoms with E-state index in [-0.39, 0.29) is 10.8 Å². The average Bonchev–Trinajstić information content (AvgIpc) is 3.37. The lowest BCUT2D eigenvalue weighted by molar-refractivity contribution is -0.137. The number of hydrogen-bond acceptors (Lipinski definition) is 6. The molecule has 0 bridgehead atoms. The van der Waals surface area contributed by atoms with Crippen molar-refractivity contribution in [3.63, 3.8) is 0 Å². The third kappa shape index (κ3) is 4.87. The van der Waals surface area contributed by atoms with Gasteiger partial charge in [0.25, 0.3) is 0 Å². The molecule has 170 valence electrons. The van der Waals surface area contributed by atoms with Gasteiger partial charge in [0.05, 0.1) is 17.4 Å². The van der Waals surface area contributed by atoms with Crippen molar-refractivity contribution in [3.05, 3.63) is 83.8 Å². The summed E-state index contributed by atoms with van der Waals surface area (Å²) < 4.78 is 45.7. The summed E-state index contributed by atoms with van der Waals surface area (Å²) in [6, 6.07) is 14.9. The third-order valence-electron chi connectivity index (χ3n) is 4.79. The maximum Gasteiger partial charge on any atom is 0.416 e. The molecule has 2 aromatic heterocycles. The second kappa shape index (κ2) is 9.02. The molecule has 0 saturated carbocycles. The van der Waals surface area contributed by atoms with E-state index < -0.39 is 22.9 Å². The fourth-order valence-electron chi connectivity index (χ4n) is 3.15. The highest BCUT2D eigenvalue weighted by Crippen LogP contribution is 2.37. The number of carbonyl (C=O) groups is 1. The van der Waals surface area contributed by atoms with Crippen molar-refractivity contribution >= 4 is 23.4 Å². The summed E-state index contributed by atoms with van der Waals surface area (Å²) in [4.78, 5) is 13.2. The average molecular weight is 473 g/mol. The van der Waals surface area contributed by atoms with Crippen LogP contribution < -0.4 is 11.2 Å². The van der Waals surface area contributed by atoms with Gasteiger partial charge < -0.3 is 15.6 Å². The van der Waals surface area contributed by atoms with Gasteiger partial charge in [0.1, 0.15) is 11.0 Å². The van der Waals surface area contributed by atoms with Crippen LogP contribution in [0, 0.1) is 6.92 Å². The molecule has 2 heterocycles. The van der Waals surface area contributed by atoms with Gasteiger partial charge in [-0.25, -0.2) is 4.68 Å². The molecular formula is C22H18F3N5O2S. The van der Waals surface area contributed by atoms with E-state index in [0.29, 0.717) is 22.7 Å². The number of nitrogens with one attached hydrogen (secondary N) is 1. The molecule has 0 saturated heterocycles. The standard InChI is InChI=1S/C22H18F3N5O2S/c1-13-17(10-11-32-13)19-28-29-21(30(19)26)33-18(14-6-3-2-4-7-14)20(31)27-16-9-5-8-15(12-16)22(23,24)25/h2-12,18H,26H2,1H3,(H,27,31). The van der Waals surface area contributed by atoms with E-state index in [9.17, 15) is 18.0 Å². The summed E-state index contributed by atoms with van der Waals surface area (Å²) >= 11 is 1.03. The van der Waals surface area contributed by atoms with Crippen molar-refractivity contribution in [2.24, 2.45) is 0 Å². The number of thioether (sulfide) groups is 1. The lowest BCUT2D eigenvalue weighted by Crippen LogP contribution is -2.21. The highest BCUT2D eigenvalue weighted by Gasteiger charge is 2.31. The van der Waals surface area contributed by atoms with Crippen LogP contribution >= 0.6 is 11.8 Å². The maximum absolute atomic E-state index is 13.2. The van der Waals surface area contributed by atoms with Gasteiger partial charge in [-0.3, -0.25) is 4.79 Å². The molecule has 0 aliphatic rings. The number of rotatable bonds is 6. The highest BCUT2D eigenvalue weighted by atomic mass is 32.2. The molecule has 3 N–H and O–H groups in total. The summed E-state index contributed by atoms with van der Waals surface area (Å²) in [7, 11) is 0. The Bertz CT molecular complexity index is 1270. The molecule has 0 fully saturated rings. The van der Waals surface area contributed by atoms with Crippen LogP contribution in [0.3, 0.4) is 0 Å². The Labute approximate surface area is 190 Å². The summed E-state index contributed by atoms with van der Waals surface area (Å²) in [6.07, 6.45) is -3.02. The zero-order chi connectivity index (χ0) is 23.6. The molecule has 7 nitrogen and oxygen atoms in total. The number of aromatic nitrogens is 3. The molecule has 0 radical (unpaired) electrons. The van der Waals surface area contributed by atoms with Crippen molar-refractivity contribution < 1.29 is 22.4 Å². The largest absolute Gasteiger partial charge is 0.469 e. The number of anilines is 1. The number of amides is 1. The number of furan rings is 1. The molecular weight excluding hydrogens is 455 g/mol. The molecule has 0 spiro atoms. The zero-order valence-electron chi connectivity index (χ0n) is 17.2. The molecule has 11 heteroatoms. The van der Waals surface area contributed by atoms with Gasteiger partial charge in [-0.2, -0.15) is 13.2 Å². The minimum atomic E-state index is -4.52. The lowest BCUT2D eigenvalue weighted by atomic mass is 10.1. The highest BCUT2D eigenvalue weighted by molar-refractivity contribution is 8.00. The Kier molecular flexibility index (Phi) is 6.14. The first-order valence-electron chi connectivity index (χ1n) is 9.68. The van der Waals surface area contributed by atoms with Crippen molar-refractivity contribution in [1.82, 2.24) is 14.9 Å². The van der Waals surface area contributed by atoms with Crippen LogP contribution in [0.4, 0.5) is 18.9 Å².